The van der Waals surface area contributed by atoms with Crippen molar-refractivity contribution < 1.29 is 14.0 Å². The Kier molecular flexibility index (Phi) is 6.26. The third kappa shape index (κ3) is 4.67. The molecule has 0 radical (unpaired) electrons. The predicted octanol–water partition coefficient (Wildman–Crippen LogP) is 4.36. The average Bonchev–Trinajstić information content (AvgIpc) is 3.38. The standard InChI is InChI=1S/C21H23N3O3S/c1-4-14-7-9-15(10-8-14)16-12-28-21(22-16)24-20(26)18(13(2)3)23-19(25)17-6-5-11-27-17/h5-13,18H,4H2,1-3H3,(H,23,25)(H,22,24,26). The Balaban J connectivity index is 1.68. The van der Waals surface area contributed by atoms with Gasteiger partial charge in [0.15, 0.2) is 10.9 Å². The highest BCUT2D eigenvalue weighted by Crippen LogP contribution is 2.25. The zero-order valence-electron chi connectivity index (χ0n) is 16.1. The van der Waals surface area contributed by atoms with Gasteiger partial charge in [-0.2, -0.15) is 0 Å². The quantitative estimate of drug-likeness (QED) is 0.620. The third-order valence-electron chi connectivity index (χ3n) is 4.37. The van der Waals surface area contributed by atoms with E-state index in [2.05, 4.69) is 34.7 Å². The normalized spacial score (nSPS) is 12.0. The van der Waals surface area contributed by atoms with E-state index >= 15 is 0 Å². The van der Waals surface area contributed by atoms with Crippen molar-refractivity contribution in [3.05, 3.63) is 59.4 Å². The molecule has 2 aromatic heterocycles. The summed E-state index contributed by atoms with van der Waals surface area (Å²) in [4.78, 5) is 29.4. The molecule has 0 aliphatic heterocycles. The molecule has 6 nitrogen and oxygen atoms in total. The molecular formula is C21H23N3O3S. The van der Waals surface area contributed by atoms with Gasteiger partial charge in [-0.1, -0.05) is 45.0 Å². The maximum Gasteiger partial charge on any atom is 0.287 e. The summed E-state index contributed by atoms with van der Waals surface area (Å²) in [6.45, 7) is 5.85. The van der Waals surface area contributed by atoms with Gasteiger partial charge in [0, 0.05) is 10.9 Å². The average molecular weight is 398 g/mol. The van der Waals surface area contributed by atoms with E-state index in [9.17, 15) is 9.59 Å². The molecule has 28 heavy (non-hydrogen) atoms. The summed E-state index contributed by atoms with van der Waals surface area (Å²) in [5, 5.41) is 7.93. The molecule has 0 fully saturated rings. The number of carbonyl (C=O) groups is 2. The number of hydrogen-bond acceptors (Lipinski definition) is 5. The second kappa shape index (κ2) is 8.84. The van der Waals surface area contributed by atoms with Crippen LogP contribution < -0.4 is 10.6 Å². The summed E-state index contributed by atoms with van der Waals surface area (Å²) in [6.07, 6.45) is 2.41. The fraction of sp³-hybridized carbons (Fsp3) is 0.286. The highest BCUT2D eigenvalue weighted by molar-refractivity contribution is 7.14. The second-order valence-corrected chi connectivity index (χ2v) is 7.61. The molecule has 2 amide bonds. The Bertz CT molecular complexity index is 930. The summed E-state index contributed by atoms with van der Waals surface area (Å²) >= 11 is 1.35. The zero-order chi connectivity index (χ0) is 20.1. The van der Waals surface area contributed by atoms with Crippen molar-refractivity contribution in [2.24, 2.45) is 5.92 Å². The molecule has 0 saturated heterocycles. The number of furan rings is 1. The van der Waals surface area contributed by atoms with Gasteiger partial charge in [0.25, 0.3) is 5.91 Å². The molecule has 3 rings (SSSR count). The summed E-state index contributed by atoms with van der Waals surface area (Å²) in [5.41, 5.74) is 3.07. The van der Waals surface area contributed by atoms with Crippen LogP contribution >= 0.6 is 11.3 Å². The SMILES string of the molecule is CCc1ccc(-c2csc(NC(=O)C(NC(=O)c3ccco3)C(C)C)n2)cc1. The van der Waals surface area contributed by atoms with E-state index in [4.69, 9.17) is 4.42 Å². The predicted molar refractivity (Wildman–Crippen MR) is 110 cm³/mol. The summed E-state index contributed by atoms with van der Waals surface area (Å²) in [7, 11) is 0. The van der Waals surface area contributed by atoms with Gasteiger partial charge in [0.2, 0.25) is 5.91 Å². The fourth-order valence-electron chi connectivity index (χ4n) is 2.71. The van der Waals surface area contributed by atoms with E-state index in [1.165, 1.54) is 23.2 Å². The molecule has 0 saturated carbocycles. The number of hydrogen-bond donors (Lipinski definition) is 2. The van der Waals surface area contributed by atoms with Crippen LogP contribution in [0.3, 0.4) is 0 Å². The molecular weight excluding hydrogens is 374 g/mol. The lowest BCUT2D eigenvalue weighted by atomic mass is 10.0. The lowest BCUT2D eigenvalue weighted by Gasteiger charge is -2.20. The number of aromatic nitrogens is 1. The number of rotatable bonds is 7. The molecule has 2 N–H and O–H groups in total. The van der Waals surface area contributed by atoms with Gasteiger partial charge < -0.3 is 15.1 Å². The first-order chi connectivity index (χ1) is 13.5. The topological polar surface area (TPSA) is 84.2 Å². The molecule has 0 aliphatic rings. The highest BCUT2D eigenvalue weighted by Gasteiger charge is 2.26. The van der Waals surface area contributed by atoms with Crippen LogP contribution in [0.1, 0.15) is 36.9 Å². The first-order valence-electron chi connectivity index (χ1n) is 9.18. The van der Waals surface area contributed by atoms with Crippen LogP contribution in [-0.4, -0.2) is 22.8 Å². The summed E-state index contributed by atoms with van der Waals surface area (Å²) < 4.78 is 5.09. The maximum atomic E-state index is 12.7. The number of thiazole rings is 1. The minimum Gasteiger partial charge on any atom is -0.459 e. The summed E-state index contributed by atoms with van der Waals surface area (Å²) in [5.74, 6) is -0.655. The highest BCUT2D eigenvalue weighted by atomic mass is 32.1. The number of anilines is 1. The van der Waals surface area contributed by atoms with Crippen molar-refractivity contribution in [2.75, 3.05) is 5.32 Å². The molecule has 2 heterocycles. The number of benzene rings is 1. The zero-order valence-corrected chi connectivity index (χ0v) is 16.9. The van der Waals surface area contributed by atoms with Gasteiger partial charge >= 0.3 is 0 Å². The van der Waals surface area contributed by atoms with Crippen LogP contribution in [0.2, 0.25) is 0 Å². The molecule has 1 unspecified atom stereocenters. The molecule has 1 aromatic carbocycles. The number of nitrogens with zero attached hydrogens (tertiary/aromatic N) is 1. The van der Waals surface area contributed by atoms with E-state index < -0.39 is 11.9 Å². The van der Waals surface area contributed by atoms with Gasteiger partial charge in [0.05, 0.1) is 12.0 Å². The molecule has 1 atom stereocenters. The first kappa shape index (κ1) is 19.8. The van der Waals surface area contributed by atoms with Gasteiger partial charge in [0.1, 0.15) is 6.04 Å². The third-order valence-corrected chi connectivity index (χ3v) is 5.13. The van der Waals surface area contributed by atoms with Crippen molar-refractivity contribution >= 4 is 28.3 Å². The largest absolute Gasteiger partial charge is 0.459 e. The van der Waals surface area contributed by atoms with E-state index in [-0.39, 0.29) is 17.6 Å². The minimum absolute atomic E-state index is 0.0973. The van der Waals surface area contributed by atoms with Crippen LogP contribution in [0.4, 0.5) is 5.13 Å². The Labute approximate surface area is 168 Å². The number of aryl methyl sites for hydroxylation is 1. The van der Waals surface area contributed by atoms with E-state index in [1.54, 1.807) is 12.1 Å². The fourth-order valence-corrected chi connectivity index (χ4v) is 3.44. The van der Waals surface area contributed by atoms with Crippen LogP contribution in [0, 0.1) is 5.92 Å². The lowest BCUT2D eigenvalue weighted by molar-refractivity contribution is -0.118. The van der Waals surface area contributed by atoms with Gasteiger partial charge in [-0.05, 0) is 30.0 Å². The second-order valence-electron chi connectivity index (χ2n) is 6.75. The Morgan fingerprint density at radius 3 is 2.54 bits per heavy atom. The van der Waals surface area contributed by atoms with Gasteiger partial charge in [-0.25, -0.2) is 4.98 Å². The van der Waals surface area contributed by atoms with Crippen LogP contribution in [0.15, 0.2) is 52.5 Å². The lowest BCUT2D eigenvalue weighted by Crippen LogP contribution is -2.47. The Morgan fingerprint density at radius 2 is 1.93 bits per heavy atom. The smallest absolute Gasteiger partial charge is 0.287 e. The first-order valence-corrected chi connectivity index (χ1v) is 10.1. The van der Waals surface area contributed by atoms with Crippen molar-refractivity contribution in [3.63, 3.8) is 0 Å². The van der Waals surface area contributed by atoms with Crippen LogP contribution in [0.5, 0.6) is 0 Å². The van der Waals surface area contributed by atoms with Crippen LogP contribution in [0.25, 0.3) is 11.3 Å². The number of carbonyl (C=O) groups excluding carboxylic acids is 2. The molecule has 3 aromatic rings. The molecule has 0 aliphatic carbocycles. The monoisotopic (exact) mass is 397 g/mol. The van der Waals surface area contributed by atoms with Crippen molar-refractivity contribution in [1.29, 1.82) is 0 Å². The number of amides is 2. The molecule has 7 heteroatoms. The van der Waals surface area contributed by atoms with Crippen LogP contribution in [-0.2, 0) is 11.2 Å². The molecule has 0 bridgehead atoms. The van der Waals surface area contributed by atoms with E-state index in [1.807, 2.05) is 31.4 Å². The van der Waals surface area contributed by atoms with E-state index in [0.717, 1.165) is 17.7 Å². The minimum atomic E-state index is -0.700. The van der Waals surface area contributed by atoms with Crippen molar-refractivity contribution in [1.82, 2.24) is 10.3 Å². The maximum absolute atomic E-state index is 12.7. The Morgan fingerprint density at radius 1 is 1.18 bits per heavy atom. The molecule has 146 valence electrons. The van der Waals surface area contributed by atoms with Gasteiger partial charge in [-0.3, -0.25) is 9.59 Å². The summed E-state index contributed by atoms with van der Waals surface area (Å²) in [6, 6.07) is 10.7. The number of nitrogens with one attached hydrogen (secondary N) is 2. The Hall–Kier alpha value is -2.93. The van der Waals surface area contributed by atoms with Crippen molar-refractivity contribution in [3.8, 4) is 11.3 Å². The molecule has 0 spiro atoms. The van der Waals surface area contributed by atoms with Gasteiger partial charge in [-0.15, -0.1) is 11.3 Å². The van der Waals surface area contributed by atoms with E-state index in [0.29, 0.717) is 5.13 Å². The van der Waals surface area contributed by atoms with Crippen molar-refractivity contribution in [2.45, 2.75) is 33.2 Å².